The van der Waals surface area contributed by atoms with Crippen molar-refractivity contribution in [1.29, 1.82) is 0 Å². The highest BCUT2D eigenvalue weighted by molar-refractivity contribution is 6.30. The van der Waals surface area contributed by atoms with Crippen LogP contribution in [0, 0.1) is 0 Å². The Morgan fingerprint density at radius 2 is 1.88 bits per heavy atom. The highest BCUT2D eigenvalue weighted by atomic mass is 35.5. The van der Waals surface area contributed by atoms with Crippen LogP contribution < -0.4 is 5.32 Å². The van der Waals surface area contributed by atoms with Gasteiger partial charge in [0.25, 0.3) is 0 Å². The van der Waals surface area contributed by atoms with E-state index in [1.807, 2.05) is 37.5 Å². The molecule has 0 bridgehead atoms. The molecular weight excluding hydrogens is 324 g/mol. The van der Waals surface area contributed by atoms with Crippen LogP contribution in [0.1, 0.15) is 17.2 Å². The summed E-state index contributed by atoms with van der Waals surface area (Å²) in [7, 11) is 1.90. The predicted molar refractivity (Wildman–Crippen MR) is 94.6 cm³/mol. The van der Waals surface area contributed by atoms with Crippen LogP contribution in [0.3, 0.4) is 0 Å². The molecule has 0 aliphatic carbocycles. The smallest absolute Gasteiger partial charge is 0.0969 e. The predicted octanol–water partition coefficient (Wildman–Crippen LogP) is 2.96. The van der Waals surface area contributed by atoms with Crippen molar-refractivity contribution in [3.8, 4) is 11.3 Å². The molecule has 2 heterocycles. The zero-order chi connectivity index (χ0) is 16.9. The first-order valence-electron chi connectivity index (χ1n) is 7.70. The number of nitrogens with one attached hydrogen (secondary N) is 1. The van der Waals surface area contributed by atoms with Gasteiger partial charge in [0.15, 0.2) is 0 Å². The third-order valence-corrected chi connectivity index (χ3v) is 4.02. The lowest BCUT2D eigenvalue weighted by atomic mass is 10.1. The van der Waals surface area contributed by atoms with Crippen LogP contribution in [0.25, 0.3) is 11.3 Å². The second-order valence-electron chi connectivity index (χ2n) is 5.61. The van der Waals surface area contributed by atoms with E-state index in [9.17, 15) is 5.11 Å². The molecule has 1 atom stereocenters. The summed E-state index contributed by atoms with van der Waals surface area (Å²) in [5, 5.41) is 18.7. The van der Waals surface area contributed by atoms with E-state index in [0.29, 0.717) is 18.1 Å². The molecule has 3 rings (SSSR count). The average Bonchev–Trinajstić information content (AvgIpc) is 2.97. The monoisotopic (exact) mass is 342 g/mol. The summed E-state index contributed by atoms with van der Waals surface area (Å²) in [5.74, 6) is 0. The topological polar surface area (TPSA) is 63.0 Å². The lowest BCUT2D eigenvalue weighted by molar-refractivity contribution is 0.174. The molecule has 3 aromatic rings. The normalized spacial score (nSPS) is 12.3. The maximum absolute atomic E-state index is 10.2. The number of hydrogen-bond acceptors (Lipinski definition) is 4. The fourth-order valence-electron chi connectivity index (χ4n) is 2.57. The van der Waals surface area contributed by atoms with Gasteiger partial charge in [-0.25, -0.2) is 0 Å². The summed E-state index contributed by atoms with van der Waals surface area (Å²) in [6.07, 6.45) is 4.91. The maximum atomic E-state index is 10.2. The number of aliphatic hydroxyl groups excluding tert-OH is 1. The lowest BCUT2D eigenvalue weighted by Crippen LogP contribution is -2.21. The number of pyridine rings is 1. The largest absolute Gasteiger partial charge is 0.387 e. The molecule has 1 aromatic carbocycles. The first-order chi connectivity index (χ1) is 11.6. The van der Waals surface area contributed by atoms with Crippen LogP contribution in [-0.4, -0.2) is 26.4 Å². The second-order valence-corrected chi connectivity index (χ2v) is 6.05. The van der Waals surface area contributed by atoms with Crippen molar-refractivity contribution >= 4 is 11.6 Å². The number of rotatable bonds is 6. The van der Waals surface area contributed by atoms with E-state index >= 15 is 0 Å². The van der Waals surface area contributed by atoms with E-state index in [1.54, 1.807) is 29.2 Å². The van der Waals surface area contributed by atoms with Crippen molar-refractivity contribution in [2.75, 3.05) is 6.54 Å². The molecule has 5 nitrogen and oxygen atoms in total. The molecule has 0 saturated carbocycles. The molecule has 2 N–H and O–H groups in total. The van der Waals surface area contributed by atoms with Crippen molar-refractivity contribution in [3.63, 3.8) is 0 Å². The Labute approximate surface area is 145 Å². The molecule has 0 spiro atoms. The van der Waals surface area contributed by atoms with E-state index < -0.39 is 6.10 Å². The quantitative estimate of drug-likeness (QED) is 0.723. The van der Waals surface area contributed by atoms with E-state index in [2.05, 4.69) is 15.4 Å². The van der Waals surface area contributed by atoms with Gasteiger partial charge in [-0.3, -0.25) is 9.67 Å². The molecule has 24 heavy (non-hydrogen) atoms. The minimum Gasteiger partial charge on any atom is -0.387 e. The zero-order valence-corrected chi connectivity index (χ0v) is 14.1. The van der Waals surface area contributed by atoms with Crippen LogP contribution in [0.4, 0.5) is 0 Å². The van der Waals surface area contributed by atoms with Gasteiger partial charge < -0.3 is 10.4 Å². The van der Waals surface area contributed by atoms with Gasteiger partial charge in [-0.05, 0) is 29.8 Å². The third-order valence-electron chi connectivity index (χ3n) is 3.77. The first kappa shape index (κ1) is 16.6. The molecule has 0 aliphatic rings. The third kappa shape index (κ3) is 4.00. The van der Waals surface area contributed by atoms with Crippen molar-refractivity contribution in [2.45, 2.75) is 12.6 Å². The number of aryl methyl sites for hydroxylation is 1. The van der Waals surface area contributed by atoms with Gasteiger partial charge in [0.2, 0.25) is 0 Å². The van der Waals surface area contributed by atoms with Crippen LogP contribution >= 0.6 is 11.6 Å². The molecule has 0 saturated heterocycles. The Hall–Kier alpha value is -2.21. The van der Waals surface area contributed by atoms with Gasteiger partial charge in [-0.2, -0.15) is 5.10 Å². The van der Waals surface area contributed by atoms with Crippen LogP contribution in [0.5, 0.6) is 0 Å². The average molecular weight is 343 g/mol. The Kier molecular flexibility index (Phi) is 5.25. The molecule has 0 unspecified atom stereocenters. The standard InChI is InChI=1S/C18H19ClN4O/c1-23-12-15(18(22-23)14-6-8-20-9-7-14)10-21-11-17(24)13-2-4-16(19)5-3-13/h2-9,12,17,21,24H,10-11H2,1H3/t17-/m0/s1. The highest BCUT2D eigenvalue weighted by Gasteiger charge is 2.11. The van der Waals surface area contributed by atoms with Crippen LogP contribution in [-0.2, 0) is 13.6 Å². The fourth-order valence-corrected chi connectivity index (χ4v) is 2.69. The Morgan fingerprint density at radius 1 is 1.17 bits per heavy atom. The van der Waals surface area contributed by atoms with Crippen molar-refractivity contribution in [1.82, 2.24) is 20.1 Å². The van der Waals surface area contributed by atoms with Crippen LogP contribution in [0.2, 0.25) is 5.02 Å². The number of hydrogen-bond donors (Lipinski definition) is 2. The number of nitrogens with zero attached hydrogens (tertiary/aromatic N) is 3. The molecule has 124 valence electrons. The summed E-state index contributed by atoms with van der Waals surface area (Å²) in [6, 6.07) is 11.1. The number of benzene rings is 1. The Balaban J connectivity index is 1.64. The number of aliphatic hydroxyl groups is 1. The highest BCUT2D eigenvalue weighted by Crippen LogP contribution is 2.21. The van der Waals surface area contributed by atoms with Gasteiger partial charge in [-0.15, -0.1) is 0 Å². The fraction of sp³-hybridized carbons (Fsp3) is 0.222. The van der Waals surface area contributed by atoms with Gasteiger partial charge in [0.1, 0.15) is 0 Å². The summed E-state index contributed by atoms with van der Waals surface area (Å²) >= 11 is 5.87. The molecule has 6 heteroatoms. The Bertz CT molecular complexity index is 787. The second kappa shape index (κ2) is 7.57. The van der Waals surface area contributed by atoms with Crippen molar-refractivity contribution in [2.24, 2.45) is 7.05 Å². The molecular formula is C18H19ClN4O. The summed E-state index contributed by atoms with van der Waals surface area (Å²) in [4.78, 5) is 4.04. The molecule has 0 amide bonds. The van der Waals surface area contributed by atoms with E-state index in [4.69, 9.17) is 11.6 Å². The Morgan fingerprint density at radius 3 is 2.58 bits per heavy atom. The maximum Gasteiger partial charge on any atom is 0.0969 e. The van der Waals surface area contributed by atoms with E-state index in [1.165, 1.54) is 0 Å². The van der Waals surface area contributed by atoms with Gasteiger partial charge in [-0.1, -0.05) is 23.7 Å². The summed E-state index contributed by atoms with van der Waals surface area (Å²) in [5.41, 5.74) is 3.87. The molecule has 0 radical (unpaired) electrons. The minimum absolute atomic E-state index is 0.451. The molecule has 0 fully saturated rings. The number of aromatic nitrogens is 3. The van der Waals surface area contributed by atoms with Crippen molar-refractivity contribution < 1.29 is 5.11 Å². The first-order valence-corrected chi connectivity index (χ1v) is 8.08. The van der Waals surface area contributed by atoms with E-state index in [0.717, 1.165) is 22.4 Å². The molecule has 0 aliphatic heterocycles. The van der Waals surface area contributed by atoms with Gasteiger partial charge in [0.05, 0.1) is 11.8 Å². The summed E-state index contributed by atoms with van der Waals surface area (Å²) in [6.45, 7) is 1.07. The van der Waals surface area contributed by atoms with Gasteiger partial charge in [0, 0.05) is 54.9 Å². The van der Waals surface area contributed by atoms with Crippen molar-refractivity contribution in [3.05, 3.63) is 71.1 Å². The summed E-state index contributed by atoms with van der Waals surface area (Å²) < 4.78 is 1.79. The van der Waals surface area contributed by atoms with Gasteiger partial charge >= 0.3 is 0 Å². The zero-order valence-electron chi connectivity index (χ0n) is 13.4. The van der Waals surface area contributed by atoms with E-state index in [-0.39, 0.29) is 0 Å². The molecule has 2 aromatic heterocycles. The lowest BCUT2D eigenvalue weighted by Gasteiger charge is -2.12. The SMILES string of the molecule is Cn1cc(CNC[C@H](O)c2ccc(Cl)cc2)c(-c2ccncc2)n1. The van der Waals surface area contributed by atoms with Crippen LogP contribution in [0.15, 0.2) is 55.0 Å². The minimum atomic E-state index is -0.580. The number of halogens is 1.